The van der Waals surface area contributed by atoms with Crippen molar-refractivity contribution in [3.8, 4) is 0 Å². The molecule has 0 N–H and O–H groups in total. The third kappa shape index (κ3) is 3.37. The topological polar surface area (TPSA) is 32.3 Å². The highest BCUT2D eigenvalue weighted by atomic mass is 35.5. The van der Waals surface area contributed by atoms with E-state index in [-0.39, 0.29) is 0 Å². The molecule has 0 atom stereocenters. The molecule has 0 amide bonds. The number of nitrogens with zero attached hydrogens (tertiary/aromatic N) is 4. The van der Waals surface area contributed by atoms with Crippen LogP contribution in [0, 0.1) is 6.92 Å². The van der Waals surface area contributed by atoms with E-state index in [0.717, 1.165) is 62.8 Å². The fourth-order valence-corrected chi connectivity index (χ4v) is 2.62. The van der Waals surface area contributed by atoms with Crippen LogP contribution in [0.1, 0.15) is 31.7 Å². The smallest absolute Gasteiger partial charge is 0.137 e. The summed E-state index contributed by atoms with van der Waals surface area (Å²) in [5.41, 5.74) is 1.01. The van der Waals surface area contributed by atoms with E-state index >= 15 is 0 Å². The van der Waals surface area contributed by atoms with Gasteiger partial charge in [-0.15, -0.1) is 0 Å². The molecule has 0 unspecified atom stereocenters. The van der Waals surface area contributed by atoms with Crippen molar-refractivity contribution in [1.82, 2.24) is 14.9 Å². The van der Waals surface area contributed by atoms with E-state index in [1.165, 1.54) is 0 Å². The lowest BCUT2D eigenvalue weighted by molar-refractivity contribution is 0.270. The maximum Gasteiger partial charge on any atom is 0.137 e. The Balaban J connectivity index is 2.19. The van der Waals surface area contributed by atoms with Crippen LogP contribution in [0.5, 0.6) is 0 Å². The van der Waals surface area contributed by atoms with Gasteiger partial charge in [-0.2, -0.15) is 0 Å². The molecule has 1 aliphatic rings. The molecule has 1 saturated heterocycles. The first kappa shape index (κ1) is 14.5. The highest BCUT2D eigenvalue weighted by Gasteiger charge is 2.20. The van der Waals surface area contributed by atoms with Gasteiger partial charge < -0.3 is 9.80 Å². The van der Waals surface area contributed by atoms with Gasteiger partial charge in [0.05, 0.1) is 0 Å². The molecule has 19 heavy (non-hydrogen) atoms. The highest BCUT2D eigenvalue weighted by molar-refractivity contribution is 6.30. The number of halogens is 1. The number of rotatable bonds is 4. The third-order valence-electron chi connectivity index (χ3n) is 3.70. The zero-order valence-corrected chi connectivity index (χ0v) is 12.9. The zero-order valence-electron chi connectivity index (χ0n) is 12.1. The molecule has 0 radical (unpaired) electrons. The van der Waals surface area contributed by atoms with Crippen molar-refractivity contribution in [3.63, 3.8) is 0 Å². The summed E-state index contributed by atoms with van der Waals surface area (Å²) in [6.07, 6.45) is 1.93. The van der Waals surface area contributed by atoms with E-state index in [1.807, 2.05) is 6.92 Å². The maximum absolute atomic E-state index is 6.24. The van der Waals surface area contributed by atoms with Crippen molar-refractivity contribution in [2.45, 2.75) is 33.6 Å². The number of aromatic nitrogens is 2. The predicted octanol–water partition coefficient (Wildman–Crippen LogP) is 2.53. The number of hydrogen-bond donors (Lipinski definition) is 0. The monoisotopic (exact) mass is 282 g/mol. The van der Waals surface area contributed by atoms with Crippen LogP contribution in [-0.4, -0.2) is 47.6 Å². The van der Waals surface area contributed by atoms with Gasteiger partial charge in [0.25, 0.3) is 0 Å². The molecular formula is C14H23ClN4. The van der Waals surface area contributed by atoms with Gasteiger partial charge >= 0.3 is 0 Å². The highest BCUT2D eigenvalue weighted by Crippen LogP contribution is 2.24. The normalized spacial score (nSPS) is 16.9. The predicted molar refractivity (Wildman–Crippen MR) is 80.1 cm³/mol. The molecule has 0 aliphatic carbocycles. The minimum Gasteiger partial charge on any atom is -0.354 e. The van der Waals surface area contributed by atoms with Crippen LogP contribution < -0.4 is 4.90 Å². The summed E-state index contributed by atoms with van der Waals surface area (Å²) in [5, 5.41) is 0.603. The van der Waals surface area contributed by atoms with Crippen LogP contribution in [-0.2, 0) is 6.42 Å². The standard InChI is InChI=1S/C14H23ClN4/c1-4-6-12-16-13(15)11(3)14(17-12)19-9-7-18(5-2)8-10-19/h4-10H2,1-3H3. The largest absolute Gasteiger partial charge is 0.354 e. The Morgan fingerprint density at radius 3 is 2.37 bits per heavy atom. The number of piperazine rings is 1. The van der Waals surface area contributed by atoms with Crippen molar-refractivity contribution in [2.75, 3.05) is 37.6 Å². The van der Waals surface area contributed by atoms with Gasteiger partial charge in [0.1, 0.15) is 16.8 Å². The molecular weight excluding hydrogens is 260 g/mol. The van der Waals surface area contributed by atoms with E-state index in [2.05, 4.69) is 28.6 Å². The number of hydrogen-bond acceptors (Lipinski definition) is 4. The summed E-state index contributed by atoms with van der Waals surface area (Å²) in [6.45, 7) is 11.7. The van der Waals surface area contributed by atoms with Gasteiger partial charge in [0, 0.05) is 38.2 Å². The SMILES string of the molecule is CCCc1nc(Cl)c(C)c(N2CCN(CC)CC2)n1. The molecule has 1 aromatic rings. The number of aryl methyl sites for hydroxylation is 1. The maximum atomic E-state index is 6.24. The number of anilines is 1. The Hall–Kier alpha value is -0.870. The summed E-state index contributed by atoms with van der Waals surface area (Å²) in [7, 11) is 0. The minimum atomic E-state index is 0.603. The Kier molecular flexibility index (Phi) is 4.99. The Morgan fingerprint density at radius 2 is 1.79 bits per heavy atom. The molecule has 1 fully saturated rings. The van der Waals surface area contributed by atoms with E-state index in [1.54, 1.807) is 0 Å². The first-order valence-electron chi connectivity index (χ1n) is 7.16. The lowest BCUT2D eigenvalue weighted by Gasteiger charge is -2.35. The van der Waals surface area contributed by atoms with E-state index in [9.17, 15) is 0 Å². The van der Waals surface area contributed by atoms with E-state index in [0.29, 0.717) is 5.15 Å². The van der Waals surface area contributed by atoms with Crippen molar-refractivity contribution in [2.24, 2.45) is 0 Å². The van der Waals surface area contributed by atoms with Crippen LogP contribution >= 0.6 is 11.6 Å². The van der Waals surface area contributed by atoms with E-state index < -0.39 is 0 Å². The molecule has 0 spiro atoms. The first-order valence-corrected chi connectivity index (χ1v) is 7.53. The van der Waals surface area contributed by atoms with Gasteiger partial charge in [-0.3, -0.25) is 0 Å². The van der Waals surface area contributed by atoms with E-state index in [4.69, 9.17) is 16.6 Å². The average Bonchev–Trinajstić information content (AvgIpc) is 2.43. The third-order valence-corrected chi connectivity index (χ3v) is 4.07. The summed E-state index contributed by atoms with van der Waals surface area (Å²) in [5.74, 6) is 1.89. The van der Waals surface area contributed by atoms with Crippen LogP contribution in [0.2, 0.25) is 5.15 Å². The van der Waals surface area contributed by atoms with Gasteiger partial charge in [-0.1, -0.05) is 25.4 Å². The molecule has 2 rings (SSSR count). The van der Waals surface area contributed by atoms with Crippen LogP contribution in [0.4, 0.5) is 5.82 Å². The van der Waals surface area contributed by atoms with Crippen molar-refractivity contribution >= 4 is 17.4 Å². The quantitative estimate of drug-likeness (QED) is 0.795. The molecule has 1 aliphatic heterocycles. The fourth-order valence-electron chi connectivity index (χ4n) is 2.44. The summed E-state index contributed by atoms with van der Waals surface area (Å²) >= 11 is 6.24. The van der Waals surface area contributed by atoms with Gasteiger partial charge in [0.2, 0.25) is 0 Å². The fraction of sp³-hybridized carbons (Fsp3) is 0.714. The van der Waals surface area contributed by atoms with Gasteiger partial charge in [-0.05, 0) is 19.9 Å². The Bertz CT molecular complexity index is 428. The van der Waals surface area contributed by atoms with Crippen LogP contribution in [0.3, 0.4) is 0 Å². The molecule has 5 heteroatoms. The Morgan fingerprint density at radius 1 is 1.11 bits per heavy atom. The van der Waals surface area contributed by atoms with Crippen molar-refractivity contribution in [1.29, 1.82) is 0 Å². The van der Waals surface area contributed by atoms with Crippen LogP contribution in [0.15, 0.2) is 0 Å². The lowest BCUT2D eigenvalue weighted by atomic mass is 10.2. The minimum absolute atomic E-state index is 0.603. The summed E-state index contributed by atoms with van der Waals surface area (Å²) in [4.78, 5) is 13.9. The first-order chi connectivity index (χ1) is 9.15. The second kappa shape index (κ2) is 6.53. The molecule has 2 heterocycles. The molecule has 1 aromatic heterocycles. The zero-order chi connectivity index (χ0) is 13.8. The Labute approximate surface area is 120 Å². The van der Waals surface area contributed by atoms with Gasteiger partial charge in [-0.25, -0.2) is 9.97 Å². The van der Waals surface area contributed by atoms with Gasteiger partial charge in [0.15, 0.2) is 0 Å². The summed E-state index contributed by atoms with van der Waals surface area (Å²) < 4.78 is 0. The average molecular weight is 283 g/mol. The molecule has 4 nitrogen and oxygen atoms in total. The van der Waals surface area contributed by atoms with Crippen LogP contribution in [0.25, 0.3) is 0 Å². The second-order valence-electron chi connectivity index (χ2n) is 5.05. The molecule has 0 aromatic carbocycles. The molecule has 0 saturated carbocycles. The molecule has 0 bridgehead atoms. The van der Waals surface area contributed by atoms with Crippen molar-refractivity contribution in [3.05, 3.63) is 16.5 Å². The van der Waals surface area contributed by atoms with Crippen molar-refractivity contribution < 1.29 is 0 Å². The second-order valence-corrected chi connectivity index (χ2v) is 5.41. The number of likely N-dealkylation sites (N-methyl/N-ethyl adjacent to an activating group) is 1. The molecule has 106 valence electrons. The summed E-state index contributed by atoms with van der Waals surface area (Å²) in [6, 6.07) is 0. The lowest BCUT2D eigenvalue weighted by Crippen LogP contribution is -2.46.